The van der Waals surface area contributed by atoms with E-state index in [0.717, 1.165) is 24.3 Å². The molecule has 5 nitrogen and oxygen atoms in total. The lowest BCUT2D eigenvalue weighted by molar-refractivity contribution is -0.274. The summed E-state index contributed by atoms with van der Waals surface area (Å²) < 4.78 is 66.4. The van der Waals surface area contributed by atoms with Crippen molar-refractivity contribution in [2.75, 3.05) is 4.72 Å². The molecule has 124 valence electrons. The number of aliphatic hydroxyl groups excluding tert-OH is 1. The second-order valence-electron chi connectivity index (χ2n) is 4.48. The summed E-state index contributed by atoms with van der Waals surface area (Å²) in [5.74, 6) is -0.510. The van der Waals surface area contributed by atoms with Crippen LogP contribution < -0.4 is 9.46 Å². The highest BCUT2D eigenvalue weighted by Gasteiger charge is 2.31. The maximum Gasteiger partial charge on any atom is 0.573 e. The van der Waals surface area contributed by atoms with Gasteiger partial charge < -0.3 is 9.84 Å². The Balaban J connectivity index is 2.15. The minimum Gasteiger partial charge on any atom is -0.406 e. The molecule has 0 amide bonds. The van der Waals surface area contributed by atoms with Crippen molar-refractivity contribution in [3.8, 4) is 5.75 Å². The number of alkyl halides is 3. The SMILES string of the molecule is O=S(=O)(Nc1ccc(CO)cc1)c1ccc(OC(F)(F)F)cc1. The van der Waals surface area contributed by atoms with E-state index < -0.39 is 22.1 Å². The number of benzene rings is 2. The van der Waals surface area contributed by atoms with E-state index in [1.54, 1.807) is 0 Å². The highest BCUT2D eigenvalue weighted by atomic mass is 32.2. The van der Waals surface area contributed by atoms with Crippen LogP contribution in [0.2, 0.25) is 0 Å². The van der Waals surface area contributed by atoms with Gasteiger partial charge in [0.1, 0.15) is 5.75 Å². The molecule has 9 heteroatoms. The van der Waals surface area contributed by atoms with E-state index in [1.165, 1.54) is 24.3 Å². The zero-order valence-electron chi connectivity index (χ0n) is 11.5. The number of hydrogen-bond acceptors (Lipinski definition) is 4. The molecule has 23 heavy (non-hydrogen) atoms. The second-order valence-corrected chi connectivity index (χ2v) is 6.16. The van der Waals surface area contributed by atoms with Gasteiger partial charge in [0.2, 0.25) is 0 Å². The molecular weight excluding hydrogens is 335 g/mol. The van der Waals surface area contributed by atoms with Crippen LogP contribution in [0.4, 0.5) is 18.9 Å². The Hall–Kier alpha value is -2.26. The van der Waals surface area contributed by atoms with Crippen LogP contribution in [0.15, 0.2) is 53.4 Å². The van der Waals surface area contributed by atoms with Crippen molar-refractivity contribution < 1.29 is 31.4 Å². The van der Waals surface area contributed by atoms with Crippen LogP contribution in [-0.4, -0.2) is 19.9 Å². The Morgan fingerprint density at radius 1 is 1.00 bits per heavy atom. The molecule has 0 heterocycles. The second kappa shape index (κ2) is 6.47. The van der Waals surface area contributed by atoms with Crippen LogP contribution in [-0.2, 0) is 16.6 Å². The molecule has 0 saturated heterocycles. The Bertz CT molecular complexity index is 756. The van der Waals surface area contributed by atoms with Crippen LogP contribution in [0.1, 0.15) is 5.56 Å². The van der Waals surface area contributed by atoms with Gasteiger partial charge in [-0.25, -0.2) is 8.42 Å². The molecule has 0 unspecified atom stereocenters. The summed E-state index contributed by atoms with van der Waals surface area (Å²) in [7, 11) is -3.94. The first-order chi connectivity index (χ1) is 10.7. The average molecular weight is 347 g/mol. The number of hydrogen-bond donors (Lipinski definition) is 2. The fraction of sp³-hybridized carbons (Fsp3) is 0.143. The van der Waals surface area contributed by atoms with Gasteiger partial charge in [0.25, 0.3) is 10.0 Å². The Labute approximate surface area is 130 Å². The molecule has 0 aliphatic carbocycles. The number of sulfonamides is 1. The van der Waals surface area contributed by atoms with Gasteiger partial charge in [0.05, 0.1) is 11.5 Å². The number of anilines is 1. The van der Waals surface area contributed by atoms with Crippen molar-refractivity contribution in [2.45, 2.75) is 17.9 Å². The Morgan fingerprint density at radius 2 is 1.57 bits per heavy atom. The molecule has 0 aliphatic heterocycles. The molecular formula is C14H12F3NO4S. The van der Waals surface area contributed by atoms with Gasteiger partial charge in [-0.15, -0.1) is 13.2 Å². The van der Waals surface area contributed by atoms with Gasteiger partial charge in [-0.1, -0.05) is 12.1 Å². The van der Waals surface area contributed by atoms with E-state index in [0.29, 0.717) is 5.56 Å². The lowest BCUT2D eigenvalue weighted by Gasteiger charge is -2.11. The molecule has 0 spiro atoms. The van der Waals surface area contributed by atoms with Crippen molar-refractivity contribution in [2.24, 2.45) is 0 Å². The Morgan fingerprint density at radius 3 is 2.04 bits per heavy atom. The summed E-state index contributed by atoms with van der Waals surface area (Å²) in [5, 5.41) is 8.92. The van der Waals surface area contributed by atoms with Gasteiger partial charge in [0, 0.05) is 5.69 Å². The first kappa shape index (κ1) is 17.1. The van der Waals surface area contributed by atoms with Gasteiger partial charge in [-0.05, 0) is 42.0 Å². The van der Waals surface area contributed by atoms with Crippen LogP contribution in [0, 0.1) is 0 Å². The van der Waals surface area contributed by atoms with E-state index >= 15 is 0 Å². The minimum absolute atomic E-state index is 0.173. The highest BCUT2D eigenvalue weighted by molar-refractivity contribution is 7.92. The zero-order valence-corrected chi connectivity index (χ0v) is 12.4. The minimum atomic E-state index is -4.84. The normalized spacial score (nSPS) is 12.0. The Kier molecular flexibility index (Phi) is 4.81. The van der Waals surface area contributed by atoms with Gasteiger partial charge in [-0.2, -0.15) is 0 Å². The van der Waals surface area contributed by atoms with Crippen LogP contribution >= 0.6 is 0 Å². The van der Waals surface area contributed by atoms with E-state index in [2.05, 4.69) is 9.46 Å². The van der Waals surface area contributed by atoms with E-state index in [4.69, 9.17) is 5.11 Å². The summed E-state index contributed by atoms with van der Waals surface area (Å²) in [6, 6.07) is 9.84. The first-order valence-electron chi connectivity index (χ1n) is 6.28. The standard InChI is InChI=1S/C14H12F3NO4S/c15-14(16,17)22-12-5-7-13(8-6-12)23(20,21)18-11-3-1-10(9-19)2-4-11/h1-8,18-19H,9H2. The summed E-state index contributed by atoms with van der Waals surface area (Å²) in [6.07, 6.45) is -4.84. The molecule has 2 N–H and O–H groups in total. The van der Waals surface area contributed by atoms with Gasteiger partial charge in [-0.3, -0.25) is 4.72 Å². The fourth-order valence-corrected chi connectivity index (χ4v) is 2.77. The third-order valence-electron chi connectivity index (χ3n) is 2.76. The lowest BCUT2D eigenvalue weighted by Crippen LogP contribution is -2.17. The third kappa shape index (κ3) is 4.86. The number of nitrogens with one attached hydrogen (secondary N) is 1. The molecule has 0 bridgehead atoms. The molecule has 0 aliphatic rings. The van der Waals surface area contributed by atoms with Crippen LogP contribution in [0.3, 0.4) is 0 Å². The maximum atomic E-state index is 12.1. The quantitative estimate of drug-likeness (QED) is 0.872. The largest absolute Gasteiger partial charge is 0.573 e. The predicted octanol–water partition coefficient (Wildman–Crippen LogP) is 2.88. The third-order valence-corrected chi connectivity index (χ3v) is 4.15. The molecule has 2 aromatic rings. The molecule has 0 aromatic heterocycles. The van der Waals surface area contributed by atoms with E-state index in [9.17, 15) is 21.6 Å². The van der Waals surface area contributed by atoms with Crippen LogP contribution in [0.5, 0.6) is 5.75 Å². The maximum absolute atomic E-state index is 12.1. The van der Waals surface area contributed by atoms with Crippen molar-refractivity contribution in [3.63, 3.8) is 0 Å². The molecule has 0 atom stereocenters. The number of rotatable bonds is 5. The predicted molar refractivity (Wildman–Crippen MR) is 76.3 cm³/mol. The smallest absolute Gasteiger partial charge is 0.406 e. The average Bonchev–Trinajstić information content (AvgIpc) is 2.46. The van der Waals surface area contributed by atoms with Crippen molar-refractivity contribution in [1.29, 1.82) is 0 Å². The van der Waals surface area contributed by atoms with Gasteiger partial charge >= 0.3 is 6.36 Å². The van der Waals surface area contributed by atoms with Crippen molar-refractivity contribution >= 4 is 15.7 Å². The monoisotopic (exact) mass is 347 g/mol. The molecule has 0 radical (unpaired) electrons. The van der Waals surface area contributed by atoms with Crippen LogP contribution in [0.25, 0.3) is 0 Å². The van der Waals surface area contributed by atoms with Gasteiger partial charge in [0.15, 0.2) is 0 Å². The zero-order chi connectivity index (χ0) is 17.1. The molecule has 0 fully saturated rings. The topological polar surface area (TPSA) is 75.6 Å². The lowest BCUT2D eigenvalue weighted by atomic mass is 10.2. The van der Waals surface area contributed by atoms with Crippen molar-refractivity contribution in [3.05, 3.63) is 54.1 Å². The number of halogens is 3. The summed E-state index contributed by atoms with van der Waals surface area (Å²) in [5.41, 5.74) is 0.874. The molecule has 2 aromatic carbocycles. The number of aliphatic hydroxyl groups is 1. The molecule has 2 rings (SSSR count). The summed E-state index contributed by atoms with van der Waals surface area (Å²) in [6.45, 7) is -0.173. The molecule has 0 saturated carbocycles. The van der Waals surface area contributed by atoms with E-state index in [-0.39, 0.29) is 17.2 Å². The fourth-order valence-electron chi connectivity index (χ4n) is 1.71. The number of ether oxygens (including phenoxy) is 1. The summed E-state index contributed by atoms with van der Waals surface area (Å²) >= 11 is 0. The highest BCUT2D eigenvalue weighted by Crippen LogP contribution is 2.24. The summed E-state index contributed by atoms with van der Waals surface area (Å²) in [4.78, 5) is -0.210. The first-order valence-corrected chi connectivity index (χ1v) is 7.76. The van der Waals surface area contributed by atoms with E-state index in [1.807, 2.05) is 0 Å². The van der Waals surface area contributed by atoms with Crippen molar-refractivity contribution in [1.82, 2.24) is 0 Å².